The first-order chi connectivity index (χ1) is 15.3. The third-order valence-corrected chi connectivity index (χ3v) is 5.97. The zero-order chi connectivity index (χ0) is 22.8. The predicted molar refractivity (Wildman–Crippen MR) is 128 cm³/mol. The van der Waals surface area contributed by atoms with Gasteiger partial charge in [0, 0.05) is 35.9 Å². The van der Waals surface area contributed by atoms with E-state index < -0.39 is 0 Å². The largest absolute Gasteiger partial charge is 0.352 e. The van der Waals surface area contributed by atoms with Crippen molar-refractivity contribution in [1.29, 1.82) is 0 Å². The lowest BCUT2D eigenvalue weighted by atomic mass is 10.0. The average Bonchev–Trinajstić information content (AvgIpc) is 3.32. The number of hydrogen-bond acceptors (Lipinski definition) is 4. The number of pyridine rings is 1. The first kappa shape index (κ1) is 22.1. The summed E-state index contributed by atoms with van der Waals surface area (Å²) in [7, 11) is 0. The van der Waals surface area contributed by atoms with Crippen LogP contribution in [0.25, 0.3) is 22.0 Å². The lowest BCUT2D eigenvalue weighted by Crippen LogP contribution is -2.26. The number of rotatable bonds is 8. The standard InChI is InChI=1S/C26H32N4O2/c1-16(2)11-13-30-15-19(20-8-6-7-9-23(20)30)10-12-27-25(31)21-14-22(17(3)4)28-26-24(21)18(5)29-32-26/h6-9,14-17H,10-13H2,1-5H3,(H,27,31). The van der Waals surface area contributed by atoms with Crippen molar-refractivity contribution in [2.45, 2.75) is 59.9 Å². The average molecular weight is 433 g/mol. The summed E-state index contributed by atoms with van der Waals surface area (Å²) < 4.78 is 7.69. The van der Waals surface area contributed by atoms with E-state index in [1.54, 1.807) is 0 Å². The number of aryl methyl sites for hydroxylation is 2. The number of hydrogen-bond donors (Lipinski definition) is 1. The highest BCUT2D eigenvalue weighted by Crippen LogP contribution is 2.26. The van der Waals surface area contributed by atoms with Crippen LogP contribution in [0.3, 0.4) is 0 Å². The molecule has 0 saturated carbocycles. The van der Waals surface area contributed by atoms with Crippen LogP contribution in [0.1, 0.15) is 67.3 Å². The maximum absolute atomic E-state index is 13.1. The first-order valence-electron chi connectivity index (χ1n) is 11.5. The second kappa shape index (κ2) is 9.15. The molecule has 0 fully saturated rings. The molecule has 0 aliphatic heterocycles. The van der Waals surface area contributed by atoms with Gasteiger partial charge >= 0.3 is 0 Å². The number of carbonyl (C=O) groups is 1. The Morgan fingerprint density at radius 3 is 2.72 bits per heavy atom. The SMILES string of the molecule is Cc1noc2nc(C(C)C)cc(C(=O)NCCc3cn(CCC(C)C)c4ccccc34)c12. The van der Waals surface area contributed by atoms with Gasteiger partial charge in [-0.05, 0) is 49.3 Å². The van der Waals surface area contributed by atoms with Gasteiger partial charge in [0.05, 0.1) is 16.6 Å². The van der Waals surface area contributed by atoms with Gasteiger partial charge in [0.15, 0.2) is 0 Å². The van der Waals surface area contributed by atoms with Crippen molar-refractivity contribution >= 4 is 27.9 Å². The first-order valence-corrected chi connectivity index (χ1v) is 11.5. The Balaban J connectivity index is 1.53. The summed E-state index contributed by atoms with van der Waals surface area (Å²) in [6.07, 6.45) is 4.16. The molecule has 3 heterocycles. The van der Waals surface area contributed by atoms with E-state index in [4.69, 9.17) is 4.52 Å². The summed E-state index contributed by atoms with van der Waals surface area (Å²) in [6, 6.07) is 10.4. The Hall–Kier alpha value is -3.15. The number of aromatic nitrogens is 3. The van der Waals surface area contributed by atoms with E-state index in [2.05, 4.69) is 64.3 Å². The van der Waals surface area contributed by atoms with Crippen LogP contribution in [0, 0.1) is 12.8 Å². The van der Waals surface area contributed by atoms with Crippen molar-refractivity contribution in [1.82, 2.24) is 20.0 Å². The van der Waals surface area contributed by atoms with Gasteiger partial charge in [-0.3, -0.25) is 4.79 Å². The summed E-state index contributed by atoms with van der Waals surface area (Å²) in [4.78, 5) is 17.6. The highest BCUT2D eigenvalue weighted by Gasteiger charge is 2.19. The number of carbonyl (C=O) groups excluding carboxylic acids is 1. The van der Waals surface area contributed by atoms with Crippen LogP contribution >= 0.6 is 0 Å². The second-order valence-corrected chi connectivity index (χ2v) is 9.25. The smallest absolute Gasteiger partial charge is 0.259 e. The molecule has 0 atom stereocenters. The van der Waals surface area contributed by atoms with Crippen molar-refractivity contribution < 1.29 is 9.32 Å². The Labute approximate surface area is 189 Å². The Morgan fingerprint density at radius 2 is 1.97 bits per heavy atom. The van der Waals surface area contributed by atoms with Crippen molar-refractivity contribution in [2.24, 2.45) is 5.92 Å². The van der Waals surface area contributed by atoms with Gasteiger partial charge in [0.25, 0.3) is 11.6 Å². The number of nitrogens with zero attached hydrogens (tertiary/aromatic N) is 3. The normalized spacial score (nSPS) is 11.8. The zero-order valence-electron chi connectivity index (χ0n) is 19.6. The number of nitrogens with one attached hydrogen (secondary N) is 1. The van der Waals surface area contributed by atoms with Crippen molar-refractivity contribution in [3.63, 3.8) is 0 Å². The Kier molecular flexibility index (Phi) is 6.31. The molecule has 1 aromatic carbocycles. The fourth-order valence-electron chi connectivity index (χ4n) is 4.10. The number of amides is 1. The highest BCUT2D eigenvalue weighted by atomic mass is 16.5. The van der Waals surface area contributed by atoms with E-state index in [-0.39, 0.29) is 11.8 Å². The Bertz CT molecular complexity index is 1250. The quantitative estimate of drug-likeness (QED) is 0.392. The topological polar surface area (TPSA) is 72.9 Å². The van der Waals surface area contributed by atoms with Crippen molar-refractivity contribution in [2.75, 3.05) is 6.54 Å². The minimum atomic E-state index is -0.117. The number of benzene rings is 1. The van der Waals surface area contributed by atoms with Gasteiger partial charge < -0.3 is 14.4 Å². The molecule has 3 aromatic heterocycles. The van der Waals surface area contributed by atoms with E-state index in [1.807, 2.05) is 26.8 Å². The third-order valence-electron chi connectivity index (χ3n) is 5.97. The maximum atomic E-state index is 13.1. The maximum Gasteiger partial charge on any atom is 0.259 e. The van der Waals surface area contributed by atoms with Crippen molar-refractivity contribution in [3.8, 4) is 0 Å². The molecule has 0 aliphatic rings. The van der Waals surface area contributed by atoms with Crippen LogP contribution in [-0.2, 0) is 13.0 Å². The van der Waals surface area contributed by atoms with Gasteiger partial charge in [-0.2, -0.15) is 0 Å². The predicted octanol–water partition coefficient (Wildman–Crippen LogP) is 5.63. The van der Waals surface area contributed by atoms with Gasteiger partial charge in [0.2, 0.25) is 0 Å². The Morgan fingerprint density at radius 1 is 1.19 bits per heavy atom. The minimum Gasteiger partial charge on any atom is -0.352 e. The molecule has 0 unspecified atom stereocenters. The highest BCUT2D eigenvalue weighted by molar-refractivity contribution is 6.06. The lowest BCUT2D eigenvalue weighted by molar-refractivity contribution is 0.0955. The number of fused-ring (bicyclic) bond motifs is 2. The lowest BCUT2D eigenvalue weighted by Gasteiger charge is -2.09. The molecular weight excluding hydrogens is 400 g/mol. The van der Waals surface area contributed by atoms with E-state index in [0.29, 0.717) is 34.8 Å². The summed E-state index contributed by atoms with van der Waals surface area (Å²) in [6.45, 7) is 12.0. The van der Waals surface area contributed by atoms with E-state index in [0.717, 1.165) is 25.1 Å². The van der Waals surface area contributed by atoms with E-state index >= 15 is 0 Å². The van der Waals surface area contributed by atoms with Gasteiger partial charge in [-0.25, -0.2) is 4.98 Å². The fraction of sp³-hybridized carbons (Fsp3) is 0.423. The molecule has 6 nitrogen and oxygen atoms in total. The molecule has 1 N–H and O–H groups in total. The zero-order valence-corrected chi connectivity index (χ0v) is 19.6. The molecule has 0 radical (unpaired) electrons. The van der Waals surface area contributed by atoms with Crippen LogP contribution in [0.15, 0.2) is 41.1 Å². The molecule has 0 saturated heterocycles. The van der Waals surface area contributed by atoms with Crippen LogP contribution in [0.5, 0.6) is 0 Å². The summed E-state index contributed by atoms with van der Waals surface area (Å²) in [5.74, 6) is 0.732. The molecule has 32 heavy (non-hydrogen) atoms. The molecule has 4 rings (SSSR count). The van der Waals surface area contributed by atoms with Crippen LogP contribution in [0.2, 0.25) is 0 Å². The second-order valence-electron chi connectivity index (χ2n) is 9.25. The molecule has 4 aromatic rings. The molecule has 0 spiro atoms. The van der Waals surface area contributed by atoms with Crippen LogP contribution < -0.4 is 5.32 Å². The minimum absolute atomic E-state index is 0.117. The fourth-order valence-corrected chi connectivity index (χ4v) is 4.10. The third kappa shape index (κ3) is 4.40. The van der Waals surface area contributed by atoms with Gasteiger partial charge in [-0.15, -0.1) is 0 Å². The molecule has 1 amide bonds. The molecule has 168 valence electrons. The van der Waals surface area contributed by atoms with E-state index in [1.165, 1.54) is 16.5 Å². The molecular formula is C26H32N4O2. The molecule has 6 heteroatoms. The van der Waals surface area contributed by atoms with Crippen molar-refractivity contribution in [3.05, 3.63) is 59.0 Å². The summed E-state index contributed by atoms with van der Waals surface area (Å²) in [5, 5.41) is 9.07. The monoisotopic (exact) mass is 432 g/mol. The molecule has 0 bridgehead atoms. The van der Waals surface area contributed by atoms with Crippen LogP contribution in [-0.4, -0.2) is 27.2 Å². The van der Waals surface area contributed by atoms with Crippen LogP contribution in [0.4, 0.5) is 0 Å². The van der Waals surface area contributed by atoms with E-state index in [9.17, 15) is 4.79 Å². The van der Waals surface area contributed by atoms with Gasteiger partial charge in [0.1, 0.15) is 0 Å². The molecule has 0 aliphatic carbocycles. The number of para-hydroxylation sites is 1. The van der Waals surface area contributed by atoms with Gasteiger partial charge in [-0.1, -0.05) is 51.1 Å². The summed E-state index contributed by atoms with van der Waals surface area (Å²) in [5.41, 5.74) is 5.03. The summed E-state index contributed by atoms with van der Waals surface area (Å²) >= 11 is 0.